The van der Waals surface area contributed by atoms with E-state index < -0.39 is 5.60 Å². The first-order chi connectivity index (χ1) is 13.9. The summed E-state index contributed by atoms with van der Waals surface area (Å²) in [5.74, 6) is 2.08. The van der Waals surface area contributed by atoms with Crippen LogP contribution in [0.15, 0.2) is 36.4 Å². The predicted octanol–water partition coefficient (Wildman–Crippen LogP) is 4.70. The summed E-state index contributed by atoms with van der Waals surface area (Å²) in [6.45, 7) is 11.4. The summed E-state index contributed by atoms with van der Waals surface area (Å²) in [6, 6.07) is 11.0. The first-order valence-electron chi connectivity index (χ1n) is 10.1. The number of para-hydroxylation sites is 2. The zero-order valence-electron chi connectivity index (χ0n) is 17.8. The molecule has 0 aliphatic carbocycles. The molecule has 0 radical (unpaired) electrons. The van der Waals surface area contributed by atoms with Gasteiger partial charge in [-0.05, 0) is 58.9 Å². The van der Waals surface area contributed by atoms with Gasteiger partial charge in [-0.15, -0.1) is 0 Å². The summed E-state index contributed by atoms with van der Waals surface area (Å²) >= 11 is 0. The van der Waals surface area contributed by atoms with Crippen LogP contribution in [-0.2, 0) is 0 Å². The Morgan fingerprint density at radius 3 is 2.17 bits per heavy atom. The maximum atomic E-state index is 13.6. The number of ether oxygens (including phenoxy) is 4. The van der Waals surface area contributed by atoms with Gasteiger partial charge in [-0.25, -0.2) is 0 Å². The Morgan fingerprint density at radius 1 is 1.00 bits per heavy atom. The predicted molar refractivity (Wildman–Crippen MR) is 113 cm³/mol. The highest BCUT2D eigenvalue weighted by Crippen LogP contribution is 2.41. The van der Waals surface area contributed by atoms with E-state index in [0.717, 1.165) is 5.69 Å². The molecule has 1 amide bonds. The van der Waals surface area contributed by atoms with E-state index in [-0.39, 0.29) is 5.91 Å². The molecule has 29 heavy (non-hydrogen) atoms. The van der Waals surface area contributed by atoms with Gasteiger partial charge in [-0.1, -0.05) is 12.1 Å². The Hall–Kier alpha value is -2.89. The third kappa shape index (κ3) is 4.42. The van der Waals surface area contributed by atoms with Crippen LogP contribution < -0.4 is 23.8 Å². The lowest BCUT2D eigenvalue weighted by molar-refractivity contribution is 0.0836. The van der Waals surface area contributed by atoms with E-state index in [9.17, 15) is 4.79 Å². The summed E-state index contributed by atoms with van der Waals surface area (Å²) < 4.78 is 23.3. The van der Waals surface area contributed by atoms with Crippen LogP contribution in [0.1, 0.15) is 45.0 Å². The first kappa shape index (κ1) is 20.8. The molecule has 2 aromatic carbocycles. The number of fused-ring (bicyclic) bond motifs is 1. The van der Waals surface area contributed by atoms with Crippen molar-refractivity contribution in [1.82, 2.24) is 0 Å². The molecule has 0 saturated heterocycles. The van der Waals surface area contributed by atoms with Gasteiger partial charge in [0.05, 0.1) is 32.1 Å². The topological polar surface area (TPSA) is 57.2 Å². The number of benzene rings is 2. The van der Waals surface area contributed by atoms with Gasteiger partial charge < -0.3 is 23.8 Å². The standard InChI is InChI=1S/C23H29NO5/c1-6-26-19-13-16(14-20(27-7-2)21(19)28-8-3)22(25)24-15-23(4,5)29-18-12-10-9-11-17(18)24/h9-14H,6-8,15H2,1-5H3. The van der Waals surface area contributed by atoms with E-state index >= 15 is 0 Å². The number of carbonyl (C=O) groups is 1. The number of amides is 1. The van der Waals surface area contributed by atoms with Crippen LogP contribution >= 0.6 is 0 Å². The average Bonchev–Trinajstić information content (AvgIpc) is 2.68. The van der Waals surface area contributed by atoms with Gasteiger partial charge in [0, 0.05) is 5.56 Å². The molecule has 0 bridgehead atoms. The molecule has 0 atom stereocenters. The molecule has 0 unspecified atom stereocenters. The molecule has 0 spiro atoms. The highest BCUT2D eigenvalue weighted by Gasteiger charge is 2.35. The van der Waals surface area contributed by atoms with Crippen LogP contribution in [0.4, 0.5) is 5.69 Å². The quantitative estimate of drug-likeness (QED) is 0.675. The van der Waals surface area contributed by atoms with Gasteiger partial charge >= 0.3 is 0 Å². The second kappa shape index (κ2) is 8.64. The molecular formula is C23H29NO5. The number of nitrogens with zero attached hydrogens (tertiary/aromatic N) is 1. The Labute approximate surface area is 172 Å². The Balaban J connectivity index is 2.06. The lowest BCUT2D eigenvalue weighted by Gasteiger charge is -2.39. The van der Waals surface area contributed by atoms with Gasteiger partial charge in [-0.2, -0.15) is 0 Å². The fourth-order valence-electron chi connectivity index (χ4n) is 3.41. The Kier molecular flexibility index (Phi) is 6.20. The SMILES string of the molecule is CCOc1cc(C(=O)N2CC(C)(C)Oc3ccccc32)cc(OCC)c1OCC. The normalized spacial score (nSPS) is 14.6. The molecule has 6 nitrogen and oxygen atoms in total. The number of carbonyl (C=O) groups excluding carboxylic acids is 1. The molecular weight excluding hydrogens is 370 g/mol. The molecule has 0 saturated carbocycles. The number of anilines is 1. The Bertz CT molecular complexity index is 850. The van der Waals surface area contributed by atoms with Crippen molar-refractivity contribution in [3.63, 3.8) is 0 Å². The van der Waals surface area contributed by atoms with Gasteiger partial charge in [0.1, 0.15) is 11.4 Å². The van der Waals surface area contributed by atoms with Crippen LogP contribution in [0, 0.1) is 0 Å². The molecule has 1 aliphatic rings. The van der Waals surface area contributed by atoms with Crippen LogP contribution in [0.5, 0.6) is 23.0 Å². The maximum absolute atomic E-state index is 13.6. The maximum Gasteiger partial charge on any atom is 0.258 e. The van der Waals surface area contributed by atoms with Crippen molar-refractivity contribution in [3.05, 3.63) is 42.0 Å². The Morgan fingerprint density at radius 2 is 1.59 bits per heavy atom. The van der Waals surface area contributed by atoms with Crippen molar-refractivity contribution in [2.75, 3.05) is 31.3 Å². The molecule has 1 aliphatic heterocycles. The zero-order valence-corrected chi connectivity index (χ0v) is 17.8. The van der Waals surface area contributed by atoms with Gasteiger partial charge in [0.15, 0.2) is 11.5 Å². The molecule has 3 rings (SSSR count). The zero-order chi connectivity index (χ0) is 21.0. The second-order valence-corrected chi connectivity index (χ2v) is 7.32. The summed E-state index contributed by atoms with van der Waals surface area (Å²) in [7, 11) is 0. The van der Waals surface area contributed by atoms with Crippen molar-refractivity contribution < 1.29 is 23.7 Å². The van der Waals surface area contributed by atoms with E-state index in [4.69, 9.17) is 18.9 Å². The monoisotopic (exact) mass is 399 g/mol. The molecule has 0 N–H and O–H groups in total. The third-order valence-electron chi connectivity index (χ3n) is 4.48. The molecule has 2 aromatic rings. The molecule has 156 valence electrons. The van der Waals surface area contributed by atoms with Gasteiger partial charge in [0.25, 0.3) is 5.91 Å². The lowest BCUT2D eigenvalue weighted by atomic mass is 10.0. The van der Waals surface area contributed by atoms with E-state index in [2.05, 4.69) is 0 Å². The highest BCUT2D eigenvalue weighted by atomic mass is 16.5. The van der Waals surface area contributed by atoms with E-state index in [1.807, 2.05) is 58.9 Å². The van der Waals surface area contributed by atoms with E-state index in [1.54, 1.807) is 17.0 Å². The summed E-state index contributed by atoms with van der Waals surface area (Å²) in [6.07, 6.45) is 0. The first-order valence-corrected chi connectivity index (χ1v) is 10.1. The smallest absolute Gasteiger partial charge is 0.258 e. The van der Waals surface area contributed by atoms with Crippen LogP contribution in [0.3, 0.4) is 0 Å². The van der Waals surface area contributed by atoms with Crippen LogP contribution in [-0.4, -0.2) is 37.9 Å². The highest BCUT2D eigenvalue weighted by molar-refractivity contribution is 6.08. The van der Waals surface area contributed by atoms with Crippen molar-refractivity contribution in [1.29, 1.82) is 0 Å². The van der Waals surface area contributed by atoms with Crippen molar-refractivity contribution in [2.24, 2.45) is 0 Å². The van der Waals surface area contributed by atoms with Crippen molar-refractivity contribution in [2.45, 2.75) is 40.2 Å². The van der Waals surface area contributed by atoms with Crippen LogP contribution in [0.25, 0.3) is 0 Å². The average molecular weight is 399 g/mol. The molecule has 6 heteroatoms. The number of hydrogen-bond donors (Lipinski definition) is 0. The third-order valence-corrected chi connectivity index (χ3v) is 4.48. The van der Waals surface area contributed by atoms with Gasteiger partial charge in [0.2, 0.25) is 5.75 Å². The van der Waals surface area contributed by atoms with Gasteiger partial charge in [-0.3, -0.25) is 4.79 Å². The molecule has 1 heterocycles. The summed E-state index contributed by atoms with van der Waals surface area (Å²) in [5.41, 5.74) is 0.732. The fourth-order valence-corrected chi connectivity index (χ4v) is 3.41. The number of hydrogen-bond acceptors (Lipinski definition) is 5. The van der Waals surface area contributed by atoms with Crippen molar-refractivity contribution >= 4 is 11.6 Å². The number of rotatable bonds is 7. The lowest BCUT2D eigenvalue weighted by Crippen LogP contribution is -2.49. The van der Waals surface area contributed by atoms with E-state index in [1.165, 1.54) is 0 Å². The minimum Gasteiger partial charge on any atom is -0.490 e. The molecule has 0 aromatic heterocycles. The summed E-state index contributed by atoms with van der Waals surface area (Å²) in [4.78, 5) is 15.3. The minimum atomic E-state index is -0.499. The van der Waals surface area contributed by atoms with E-state index in [0.29, 0.717) is 54.9 Å². The largest absolute Gasteiger partial charge is 0.490 e. The summed E-state index contributed by atoms with van der Waals surface area (Å²) in [5, 5.41) is 0. The van der Waals surface area contributed by atoms with Crippen LogP contribution in [0.2, 0.25) is 0 Å². The molecule has 0 fully saturated rings. The van der Waals surface area contributed by atoms with Crippen molar-refractivity contribution in [3.8, 4) is 23.0 Å². The fraction of sp³-hybridized carbons (Fsp3) is 0.435. The second-order valence-electron chi connectivity index (χ2n) is 7.32. The minimum absolute atomic E-state index is 0.140.